The average Bonchev–Trinajstić information content (AvgIpc) is 3.49. The van der Waals surface area contributed by atoms with Crippen molar-refractivity contribution in [3.63, 3.8) is 0 Å². The molecule has 4 heterocycles. The standard InChI is InChI=1S/C24H31ClN6OS/c1-16-15-31-22(26-23(16)29-10-5-6-11-29)14-20(27-31)21-7-3-4-12-30(21)24(32)18-13-17(25)8-9-19(18)28-33-2/h8-9,13-15,20-21,27-28H,3-7,10-12H2,1-2H3. The van der Waals surface area contributed by atoms with Crippen LogP contribution in [0.5, 0.6) is 0 Å². The molecule has 4 aliphatic rings. The Hall–Kier alpha value is -2.16. The largest absolute Gasteiger partial charge is 0.356 e. The SMILES string of the molecule is CSNc1ccc(Cl)cc1C(=O)N1CCCCC1C1C=C2N=C(N3CCCC3)C(C)=CN2N1. The number of hydrogen-bond acceptors (Lipinski definition) is 7. The van der Waals surface area contributed by atoms with Gasteiger partial charge < -0.3 is 14.5 Å². The van der Waals surface area contributed by atoms with Gasteiger partial charge in [-0.3, -0.25) is 9.80 Å². The number of hydrazine groups is 1. The summed E-state index contributed by atoms with van der Waals surface area (Å²) in [5, 5.41) is 2.60. The first-order valence-corrected chi connectivity index (χ1v) is 13.3. The van der Waals surface area contributed by atoms with E-state index < -0.39 is 0 Å². The zero-order valence-electron chi connectivity index (χ0n) is 19.2. The Morgan fingerprint density at radius 3 is 2.79 bits per heavy atom. The van der Waals surface area contributed by atoms with E-state index in [1.54, 1.807) is 6.07 Å². The first-order chi connectivity index (χ1) is 16.0. The number of hydrogen-bond donors (Lipinski definition) is 2. The highest BCUT2D eigenvalue weighted by molar-refractivity contribution is 7.99. The summed E-state index contributed by atoms with van der Waals surface area (Å²) < 4.78 is 3.23. The van der Waals surface area contributed by atoms with Crippen molar-refractivity contribution in [2.75, 3.05) is 30.6 Å². The molecule has 0 bridgehead atoms. The number of likely N-dealkylation sites (tertiary alicyclic amines) is 2. The van der Waals surface area contributed by atoms with Gasteiger partial charge in [0.05, 0.1) is 23.3 Å². The van der Waals surface area contributed by atoms with E-state index in [4.69, 9.17) is 16.6 Å². The third-order valence-corrected chi connectivity index (χ3v) is 7.47. The third-order valence-electron chi connectivity index (χ3n) is 6.81. The number of benzene rings is 1. The van der Waals surface area contributed by atoms with E-state index in [1.165, 1.54) is 30.4 Å². The van der Waals surface area contributed by atoms with E-state index in [-0.39, 0.29) is 18.0 Å². The van der Waals surface area contributed by atoms with Crippen LogP contribution in [-0.4, -0.2) is 64.5 Å². The van der Waals surface area contributed by atoms with Gasteiger partial charge in [0.15, 0.2) is 0 Å². The van der Waals surface area contributed by atoms with Crippen LogP contribution in [0.15, 0.2) is 46.9 Å². The molecule has 5 rings (SSSR count). The zero-order chi connectivity index (χ0) is 22.9. The highest BCUT2D eigenvalue weighted by Gasteiger charge is 2.38. The number of aliphatic imine (C=N–C) groups is 1. The van der Waals surface area contributed by atoms with E-state index in [0.717, 1.165) is 56.2 Å². The molecule has 0 aromatic heterocycles. The van der Waals surface area contributed by atoms with E-state index in [2.05, 4.69) is 34.2 Å². The number of nitrogens with one attached hydrogen (secondary N) is 2. The van der Waals surface area contributed by atoms with Gasteiger partial charge in [-0.05, 0) is 63.3 Å². The van der Waals surface area contributed by atoms with Gasteiger partial charge in [0, 0.05) is 42.7 Å². The smallest absolute Gasteiger partial charge is 0.256 e. The Labute approximate surface area is 205 Å². The maximum atomic E-state index is 13.7. The number of amides is 1. The molecule has 1 aromatic carbocycles. The highest BCUT2D eigenvalue weighted by Crippen LogP contribution is 2.32. The van der Waals surface area contributed by atoms with Gasteiger partial charge in [-0.1, -0.05) is 23.5 Å². The lowest BCUT2D eigenvalue weighted by Crippen LogP contribution is -2.54. The Kier molecular flexibility index (Phi) is 6.58. The maximum Gasteiger partial charge on any atom is 0.256 e. The van der Waals surface area contributed by atoms with Crippen LogP contribution in [-0.2, 0) is 0 Å². The van der Waals surface area contributed by atoms with Crippen LogP contribution in [0, 0.1) is 0 Å². The van der Waals surface area contributed by atoms with E-state index in [0.29, 0.717) is 10.6 Å². The number of rotatable bonds is 4. The van der Waals surface area contributed by atoms with Crippen molar-refractivity contribution in [1.29, 1.82) is 0 Å². The van der Waals surface area contributed by atoms with Crippen molar-refractivity contribution in [3.8, 4) is 0 Å². The summed E-state index contributed by atoms with van der Waals surface area (Å²) in [6, 6.07) is 5.55. The molecular weight excluding hydrogens is 456 g/mol. The molecule has 0 aliphatic carbocycles. The summed E-state index contributed by atoms with van der Waals surface area (Å²) >= 11 is 7.74. The minimum absolute atomic E-state index is 0.0196. The Balaban J connectivity index is 1.40. The monoisotopic (exact) mass is 486 g/mol. The van der Waals surface area contributed by atoms with Gasteiger partial charge in [0.2, 0.25) is 0 Å². The molecule has 2 unspecified atom stereocenters. The third kappa shape index (κ3) is 4.48. The Morgan fingerprint density at radius 1 is 1.21 bits per heavy atom. The quantitative estimate of drug-likeness (QED) is 0.612. The minimum atomic E-state index is 0.0196. The van der Waals surface area contributed by atoms with E-state index in [1.807, 2.05) is 28.3 Å². The molecule has 2 saturated heterocycles. The van der Waals surface area contributed by atoms with Gasteiger partial charge in [0.1, 0.15) is 11.7 Å². The molecule has 176 valence electrons. The molecule has 0 radical (unpaired) electrons. The lowest BCUT2D eigenvalue weighted by molar-refractivity contribution is 0.0562. The number of carbonyl (C=O) groups excluding carboxylic acids is 1. The number of anilines is 1. The summed E-state index contributed by atoms with van der Waals surface area (Å²) in [7, 11) is 0. The lowest BCUT2D eigenvalue weighted by Gasteiger charge is -2.39. The predicted molar refractivity (Wildman–Crippen MR) is 136 cm³/mol. The second-order valence-corrected chi connectivity index (χ2v) is 10.1. The topological polar surface area (TPSA) is 63.2 Å². The fraction of sp³-hybridized carbons (Fsp3) is 0.500. The van der Waals surface area contributed by atoms with Crippen molar-refractivity contribution < 1.29 is 4.79 Å². The Bertz CT molecular complexity index is 1020. The molecule has 4 aliphatic heterocycles. The van der Waals surface area contributed by atoms with Gasteiger partial charge in [-0.15, -0.1) is 0 Å². The van der Waals surface area contributed by atoms with Crippen LogP contribution in [0.25, 0.3) is 0 Å². The van der Waals surface area contributed by atoms with Crippen molar-refractivity contribution >= 4 is 41.0 Å². The van der Waals surface area contributed by atoms with Gasteiger partial charge >= 0.3 is 0 Å². The molecule has 1 amide bonds. The summed E-state index contributed by atoms with van der Waals surface area (Å²) in [5.74, 6) is 2.04. The number of amidine groups is 1. The average molecular weight is 487 g/mol. The first-order valence-electron chi connectivity index (χ1n) is 11.7. The van der Waals surface area contributed by atoms with E-state index >= 15 is 0 Å². The van der Waals surface area contributed by atoms with Crippen LogP contribution in [0.4, 0.5) is 5.69 Å². The fourth-order valence-corrected chi connectivity index (χ4v) is 5.79. The molecule has 2 N–H and O–H groups in total. The van der Waals surface area contributed by atoms with Crippen molar-refractivity contribution in [3.05, 3.63) is 52.5 Å². The van der Waals surface area contributed by atoms with Crippen LogP contribution in [0.1, 0.15) is 49.4 Å². The Morgan fingerprint density at radius 2 is 2.00 bits per heavy atom. The number of fused-ring (bicyclic) bond motifs is 1. The van der Waals surface area contributed by atoms with Crippen LogP contribution >= 0.6 is 23.5 Å². The molecule has 33 heavy (non-hydrogen) atoms. The molecule has 2 atom stereocenters. The number of halogens is 1. The van der Waals surface area contributed by atoms with Crippen LogP contribution < -0.4 is 10.1 Å². The van der Waals surface area contributed by atoms with Gasteiger partial charge in [-0.2, -0.15) is 0 Å². The van der Waals surface area contributed by atoms with Gasteiger partial charge in [-0.25, -0.2) is 10.4 Å². The highest BCUT2D eigenvalue weighted by atomic mass is 35.5. The molecule has 2 fully saturated rings. The number of carbonyl (C=O) groups is 1. The summed E-state index contributed by atoms with van der Waals surface area (Å²) in [5.41, 5.74) is 6.19. The lowest BCUT2D eigenvalue weighted by atomic mass is 9.94. The molecule has 0 spiro atoms. The first kappa shape index (κ1) is 22.6. The van der Waals surface area contributed by atoms with Crippen LogP contribution in [0.3, 0.4) is 0 Å². The molecular formula is C24H31ClN6OS. The zero-order valence-corrected chi connectivity index (χ0v) is 20.8. The predicted octanol–water partition coefficient (Wildman–Crippen LogP) is 4.47. The van der Waals surface area contributed by atoms with Crippen molar-refractivity contribution in [2.24, 2.45) is 4.99 Å². The molecule has 9 heteroatoms. The number of nitrogens with zero attached hydrogens (tertiary/aromatic N) is 4. The van der Waals surface area contributed by atoms with E-state index in [9.17, 15) is 4.79 Å². The van der Waals surface area contributed by atoms with Crippen LogP contribution in [0.2, 0.25) is 5.02 Å². The molecule has 7 nitrogen and oxygen atoms in total. The summed E-state index contributed by atoms with van der Waals surface area (Å²) in [6.45, 7) is 5.02. The fourth-order valence-electron chi connectivity index (χ4n) is 5.22. The summed E-state index contributed by atoms with van der Waals surface area (Å²) in [6.07, 6.45) is 11.8. The summed E-state index contributed by atoms with van der Waals surface area (Å²) in [4.78, 5) is 23.1. The maximum absolute atomic E-state index is 13.7. The van der Waals surface area contributed by atoms with Crippen molar-refractivity contribution in [2.45, 2.75) is 51.1 Å². The van der Waals surface area contributed by atoms with Crippen molar-refractivity contribution in [1.82, 2.24) is 20.2 Å². The molecule has 0 saturated carbocycles. The second-order valence-electron chi connectivity index (χ2n) is 9.05. The van der Waals surface area contributed by atoms with Gasteiger partial charge in [0.25, 0.3) is 5.91 Å². The molecule has 1 aromatic rings. The second kappa shape index (κ2) is 9.60. The number of piperidine rings is 1. The normalized spacial score (nSPS) is 24.9. The minimum Gasteiger partial charge on any atom is -0.356 e.